The molecule has 0 aromatic heterocycles. The SMILES string of the molecule is COC1=c2ccccc2=NC(=O)C1CC=C(C)C. The van der Waals surface area contributed by atoms with Gasteiger partial charge in [-0.15, -0.1) is 0 Å². The molecule has 0 saturated carbocycles. The first-order valence-corrected chi connectivity index (χ1v) is 6.02. The maximum absolute atomic E-state index is 12.0. The topological polar surface area (TPSA) is 38.7 Å². The van der Waals surface area contributed by atoms with Gasteiger partial charge >= 0.3 is 0 Å². The lowest BCUT2D eigenvalue weighted by molar-refractivity contribution is -0.120. The number of allylic oxidation sites excluding steroid dienone is 2. The number of carbonyl (C=O) groups excluding carboxylic acids is 1. The molecule has 1 heterocycles. The lowest BCUT2D eigenvalue weighted by Gasteiger charge is -2.18. The van der Waals surface area contributed by atoms with E-state index in [-0.39, 0.29) is 11.8 Å². The van der Waals surface area contributed by atoms with E-state index in [1.54, 1.807) is 7.11 Å². The standard InChI is InChI=1S/C15H17NO2/c1-10(2)8-9-12-14(18-3)11-6-4-5-7-13(11)16-15(12)17/h4-8,12H,9H2,1-3H3. The van der Waals surface area contributed by atoms with Gasteiger partial charge in [0, 0.05) is 5.22 Å². The number of amides is 1. The first kappa shape index (κ1) is 12.6. The molecule has 94 valence electrons. The van der Waals surface area contributed by atoms with E-state index in [1.807, 2.05) is 44.2 Å². The summed E-state index contributed by atoms with van der Waals surface area (Å²) in [6.07, 6.45) is 2.69. The van der Waals surface area contributed by atoms with Crippen LogP contribution in [-0.4, -0.2) is 13.0 Å². The first-order chi connectivity index (χ1) is 8.63. The summed E-state index contributed by atoms with van der Waals surface area (Å²) in [5.74, 6) is 0.311. The molecule has 18 heavy (non-hydrogen) atoms. The van der Waals surface area contributed by atoms with E-state index >= 15 is 0 Å². The molecule has 3 nitrogen and oxygen atoms in total. The summed E-state index contributed by atoms with van der Waals surface area (Å²) in [5.41, 5.74) is 1.19. The van der Waals surface area contributed by atoms with E-state index in [2.05, 4.69) is 4.99 Å². The van der Waals surface area contributed by atoms with Crippen molar-refractivity contribution < 1.29 is 9.53 Å². The van der Waals surface area contributed by atoms with Crippen LogP contribution in [0.25, 0.3) is 5.76 Å². The lowest BCUT2D eigenvalue weighted by atomic mass is 9.97. The zero-order chi connectivity index (χ0) is 13.1. The highest BCUT2D eigenvalue weighted by molar-refractivity contribution is 5.88. The Hall–Kier alpha value is -1.90. The molecule has 3 heteroatoms. The monoisotopic (exact) mass is 243 g/mol. The van der Waals surface area contributed by atoms with Gasteiger partial charge in [-0.25, -0.2) is 4.99 Å². The summed E-state index contributed by atoms with van der Waals surface area (Å²) in [5, 5.41) is 1.62. The van der Waals surface area contributed by atoms with Gasteiger partial charge in [0.05, 0.1) is 12.5 Å². The van der Waals surface area contributed by atoms with Crippen LogP contribution in [-0.2, 0) is 9.53 Å². The molecule has 1 aromatic rings. The Labute approximate surface area is 107 Å². The zero-order valence-electron chi connectivity index (χ0n) is 10.9. The highest BCUT2D eigenvalue weighted by atomic mass is 16.5. The molecule has 0 N–H and O–H groups in total. The molecule has 1 aliphatic rings. The molecule has 0 bridgehead atoms. The lowest BCUT2D eigenvalue weighted by Crippen LogP contribution is -2.37. The third kappa shape index (κ3) is 2.35. The molecule has 1 unspecified atom stereocenters. The number of benzene rings is 1. The molecule has 0 fully saturated rings. The van der Waals surface area contributed by atoms with Gasteiger partial charge in [-0.2, -0.15) is 0 Å². The number of hydrogen-bond acceptors (Lipinski definition) is 2. The van der Waals surface area contributed by atoms with Crippen molar-refractivity contribution in [2.24, 2.45) is 10.9 Å². The molecule has 1 aliphatic heterocycles. The van der Waals surface area contributed by atoms with E-state index in [1.165, 1.54) is 5.57 Å². The number of rotatable bonds is 3. The van der Waals surface area contributed by atoms with Crippen LogP contribution in [0.4, 0.5) is 0 Å². The Bertz CT molecular complexity index is 610. The van der Waals surface area contributed by atoms with E-state index < -0.39 is 0 Å². The Morgan fingerprint density at radius 3 is 2.78 bits per heavy atom. The number of para-hydroxylation sites is 1. The molecular weight excluding hydrogens is 226 g/mol. The average molecular weight is 243 g/mol. The third-order valence-corrected chi connectivity index (χ3v) is 3.00. The number of nitrogens with zero attached hydrogens (tertiary/aromatic N) is 1. The fourth-order valence-corrected chi connectivity index (χ4v) is 2.09. The summed E-state index contributed by atoms with van der Waals surface area (Å²) in [6.45, 7) is 4.04. The number of methoxy groups -OCH3 is 1. The maximum atomic E-state index is 12.0. The van der Waals surface area contributed by atoms with Crippen molar-refractivity contribution in [3.63, 3.8) is 0 Å². The summed E-state index contributed by atoms with van der Waals surface area (Å²) < 4.78 is 5.44. The molecular formula is C15H17NO2. The zero-order valence-corrected chi connectivity index (χ0v) is 10.9. The van der Waals surface area contributed by atoms with Crippen molar-refractivity contribution in [3.05, 3.63) is 46.5 Å². The van der Waals surface area contributed by atoms with Crippen LogP contribution < -0.4 is 10.6 Å². The Balaban J connectivity index is 2.55. The second-order valence-corrected chi connectivity index (χ2v) is 4.61. The fraction of sp³-hybridized carbons (Fsp3) is 0.333. The molecule has 2 rings (SSSR count). The van der Waals surface area contributed by atoms with Gasteiger partial charge in [0.2, 0.25) is 0 Å². The molecule has 1 amide bonds. The minimum absolute atomic E-state index is 0.122. The van der Waals surface area contributed by atoms with Crippen LogP contribution in [0.2, 0.25) is 0 Å². The van der Waals surface area contributed by atoms with Crippen molar-refractivity contribution >= 4 is 11.7 Å². The predicted octanol–water partition coefficient (Wildman–Crippen LogP) is 1.57. The average Bonchev–Trinajstić information content (AvgIpc) is 2.35. The quantitative estimate of drug-likeness (QED) is 0.756. The number of fused-ring (bicyclic) bond motifs is 1. The molecule has 0 saturated heterocycles. The van der Waals surface area contributed by atoms with Crippen LogP contribution in [0.15, 0.2) is 40.9 Å². The van der Waals surface area contributed by atoms with Crippen LogP contribution in [0.5, 0.6) is 0 Å². The maximum Gasteiger partial charge on any atom is 0.257 e. The summed E-state index contributed by atoms with van der Waals surface area (Å²) in [6, 6.07) is 7.59. The van der Waals surface area contributed by atoms with Gasteiger partial charge in [0.1, 0.15) is 11.7 Å². The summed E-state index contributed by atoms with van der Waals surface area (Å²) in [4.78, 5) is 16.2. The molecule has 0 spiro atoms. The van der Waals surface area contributed by atoms with E-state index in [4.69, 9.17) is 4.74 Å². The Morgan fingerprint density at radius 1 is 1.39 bits per heavy atom. The third-order valence-electron chi connectivity index (χ3n) is 3.00. The molecule has 1 aromatic carbocycles. The van der Waals surface area contributed by atoms with Crippen LogP contribution in [0.1, 0.15) is 20.3 Å². The van der Waals surface area contributed by atoms with Crippen LogP contribution >= 0.6 is 0 Å². The number of hydrogen-bond donors (Lipinski definition) is 0. The number of ether oxygens (including phenoxy) is 1. The van der Waals surface area contributed by atoms with Gasteiger partial charge in [-0.3, -0.25) is 4.79 Å². The second-order valence-electron chi connectivity index (χ2n) is 4.61. The summed E-state index contributed by atoms with van der Waals surface area (Å²) in [7, 11) is 1.61. The largest absolute Gasteiger partial charge is 0.500 e. The fourth-order valence-electron chi connectivity index (χ4n) is 2.09. The Kier molecular flexibility index (Phi) is 3.60. The van der Waals surface area contributed by atoms with E-state index in [0.29, 0.717) is 11.8 Å². The van der Waals surface area contributed by atoms with Gasteiger partial charge < -0.3 is 4.74 Å². The molecule has 1 atom stereocenters. The molecule has 0 radical (unpaired) electrons. The van der Waals surface area contributed by atoms with Crippen molar-refractivity contribution in [2.75, 3.05) is 7.11 Å². The summed E-state index contributed by atoms with van der Waals surface area (Å²) >= 11 is 0. The van der Waals surface area contributed by atoms with Crippen molar-refractivity contribution in [1.82, 2.24) is 0 Å². The highest BCUT2D eigenvalue weighted by Crippen LogP contribution is 2.20. The van der Waals surface area contributed by atoms with E-state index in [0.717, 1.165) is 11.0 Å². The minimum atomic E-state index is -0.292. The smallest absolute Gasteiger partial charge is 0.257 e. The number of carbonyl (C=O) groups is 1. The van der Waals surface area contributed by atoms with Crippen LogP contribution in [0.3, 0.4) is 0 Å². The van der Waals surface area contributed by atoms with Crippen LogP contribution in [0, 0.1) is 5.92 Å². The van der Waals surface area contributed by atoms with Gasteiger partial charge in [0.15, 0.2) is 0 Å². The predicted molar refractivity (Wildman–Crippen MR) is 70.2 cm³/mol. The molecule has 0 aliphatic carbocycles. The van der Waals surface area contributed by atoms with Crippen molar-refractivity contribution in [3.8, 4) is 0 Å². The first-order valence-electron chi connectivity index (χ1n) is 6.02. The van der Waals surface area contributed by atoms with Crippen molar-refractivity contribution in [2.45, 2.75) is 20.3 Å². The van der Waals surface area contributed by atoms with E-state index in [9.17, 15) is 4.79 Å². The second kappa shape index (κ2) is 5.17. The van der Waals surface area contributed by atoms with Gasteiger partial charge in [-0.05, 0) is 32.4 Å². The Morgan fingerprint density at radius 2 is 2.11 bits per heavy atom. The highest BCUT2D eigenvalue weighted by Gasteiger charge is 2.26. The van der Waals surface area contributed by atoms with Crippen molar-refractivity contribution in [1.29, 1.82) is 0 Å². The minimum Gasteiger partial charge on any atom is -0.500 e. The normalized spacial score (nSPS) is 17.8. The van der Waals surface area contributed by atoms with Gasteiger partial charge in [0.25, 0.3) is 5.91 Å². The van der Waals surface area contributed by atoms with Gasteiger partial charge in [-0.1, -0.05) is 23.8 Å².